The Morgan fingerprint density at radius 1 is 1.11 bits per heavy atom. The predicted molar refractivity (Wildman–Crippen MR) is 57.7 cm³/mol. The summed E-state index contributed by atoms with van der Waals surface area (Å²) in [5.74, 6) is -4.62. The molecule has 0 aliphatic carbocycles. The summed E-state index contributed by atoms with van der Waals surface area (Å²) in [6, 6.07) is 3.72. The van der Waals surface area contributed by atoms with Gasteiger partial charge in [0.05, 0.1) is 5.69 Å². The molecule has 0 amide bonds. The highest BCUT2D eigenvalue weighted by atomic mass is 19.2. The van der Waals surface area contributed by atoms with Crippen molar-refractivity contribution in [3.63, 3.8) is 0 Å². The van der Waals surface area contributed by atoms with Crippen LogP contribution in [-0.2, 0) is 7.05 Å². The minimum atomic E-state index is -1.29. The number of carboxylic acids is 1. The maximum Gasteiger partial charge on any atom is 0.352 e. The quantitative estimate of drug-likeness (QED) is 0.838. The van der Waals surface area contributed by atoms with Gasteiger partial charge in [-0.25, -0.2) is 18.0 Å². The van der Waals surface area contributed by atoms with Crippen molar-refractivity contribution in [3.8, 4) is 11.3 Å². The summed E-state index contributed by atoms with van der Waals surface area (Å²) in [5.41, 5.74) is -0.109. The smallest absolute Gasteiger partial charge is 0.352 e. The average Bonchev–Trinajstić information content (AvgIpc) is 2.66. The SMILES string of the molecule is Cn1c(C(=O)O)ccc1-c1cc(F)c(F)cc1F. The number of carboxylic acid groups (broad SMARTS) is 1. The van der Waals surface area contributed by atoms with Crippen LogP contribution in [-0.4, -0.2) is 15.6 Å². The lowest BCUT2D eigenvalue weighted by atomic mass is 10.1. The normalized spacial score (nSPS) is 10.7. The lowest BCUT2D eigenvalue weighted by Gasteiger charge is -2.07. The molecule has 2 aromatic rings. The molecule has 0 spiro atoms. The second-order valence-corrected chi connectivity index (χ2v) is 3.71. The molecule has 0 radical (unpaired) electrons. The first kappa shape index (κ1) is 12.2. The summed E-state index contributed by atoms with van der Waals surface area (Å²) in [4.78, 5) is 10.8. The number of rotatable bonds is 2. The third kappa shape index (κ3) is 1.85. The van der Waals surface area contributed by atoms with Crippen molar-refractivity contribution < 1.29 is 23.1 Å². The zero-order chi connectivity index (χ0) is 13.4. The van der Waals surface area contributed by atoms with Gasteiger partial charge in [0.1, 0.15) is 11.5 Å². The van der Waals surface area contributed by atoms with Crippen LogP contribution in [0.2, 0.25) is 0 Å². The predicted octanol–water partition coefficient (Wildman–Crippen LogP) is 2.81. The molecule has 94 valence electrons. The first-order valence-corrected chi connectivity index (χ1v) is 4.95. The van der Waals surface area contributed by atoms with Gasteiger partial charge < -0.3 is 9.67 Å². The first-order valence-electron chi connectivity index (χ1n) is 4.95. The Balaban J connectivity index is 2.63. The summed E-state index contributed by atoms with van der Waals surface area (Å²) in [5, 5.41) is 8.85. The van der Waals surface area contributed by atoms with E-state index in [9.17, 15) is 18.0 Å². The van der Waals surface area contributed by atoms with E-state index in [1.807, 2.05) is 0 Å². The van der Waals surface area contributed by atoms with Crippen molar-refractivity contribution in [3.05, 3.63) is 47.4 Å². The lowest BCUT2D eigenvalue weighted by Crippen LogP contribution is -2.05. The number of nitrogens with zero attached hydrogens (tertiary/aromatic N) is 1. The van der Waals surface area contributed by atoms with Crippen LogP contribution >= 0.6 is 0 Å². The fourth-order valence-electron chi connectivity index (χ4n) is 1.72. The molecule has 1 aromatic heterocycles. The van der Waals surface area contributed by atoms with Gasteiger partial charge >= 0.3 is 5.97 Å². The number of hydrogen-bond donors (Lipinski definition) is 1. The van der Waals surface area contributed by atoms with Gasteiger partial charge in [-0.05, 0) is 18.2 Å². The molecule has 2 rings (SSSR count). The minimum absolute atomic E-state index is 0.0749. The summed E-state index contributed by atoms with van der Waals surface area (Å²) in [6.45, 7) is 0. The molecule has 0 bridgehead atoms. The van der Waals surface area contributed by atoms with Crippen molar-refractivity contribution in [2.75, 3.05) is 0 Å². The lowest BCUT2D eigenvalue weighted by molar-refractivity contribution is 0.0686. The Hall–Kier alpha value is -2.24. The number of halogens is 3. The van der Waals surface area contributed by atoms with E-state index in [2.05, 4.69) is 0 Å². The minimum Gasteiger partial charge on any atom is -0.477 e. The van der Waals surface area contributed by atoms with Gasteiger partial charge in [0, 0.05) is 18.7 Å². The zero-order valence-electron chi connectivity index (χ0n) is 9.25. The Kier molecular flexibility index (Phi) is 2.86. The highest BCUT2D eigenvalue weighted by Gasteiger charge is 2.17. The highest BCUT2D eigenvalue weighted by Crippen LogP contribution is 2.26. The second kappa shape index (κ2) is 4.21. The van der Waals surface area contributed by atoms with Crippen LogP contribution in [0.25, 0.3) is 11.3 Å². The van der Waals surface area contributed by atoms with E-state index >= 15 is 0 Å². The fourth-order valence-corrected chi connectivity index (χ4v) is 1.72. The van der Waals surface area contributed by atoms with E-state index in [1.54, 1.807) is 0 Å². The zero-order valence-corrected chi connectivity index (χ0v) is 9.25. The number of aromatic carboxylic acids is 1. The fraction of sp³-hybridized carbons (Fsp3) is 0.0833. The first-order chi connectivity index (χ1) is 8.41. The van der Waals surface area contributed by atoms with Gasteiger partial charge in [-0.15, -0.1) is 0 Å². The monoisotopic (exact) mass is 255 g/mol. The standard InChI is InChI=1S/C12H8F3NO2/c1-16-10(2-3-11(16)12(17)18)6-4-8(14)9(15)5-7(6)13/h2-5H,1H3,(H,17,18). The maximum atomic E-state index is 13.5. The molecular formula is C12H8F3NO2. The van der Waals surface area contributed by atoms with E-state index in [-0.39, 0.29) is 17.0 Å². The van der Waals surface area contributed by atoms with E-state index in [4.69, 9.17) is 5.11 Å². The molecule has 0 aliphatic heterocycles. The van der Waals surface area contributed by atoms with Crippen LogP contribution in [0.15, 0.2) is 24.3 Å². The van der Waals surface area contributed by atoms with Crippen LogP contribution in [0.1, 0.15) is 10.5 Å². The van der Waals surface area contributed by atoms with Crippen molar-refractivity contribution in [2.24, 2.45) is 7.05 Å². The Labute approximate surface area is 100 Å². The van der Waals surface area contributed by atoms with Crippen LogP contribution in [0.5, 0.6) is 0 Å². The number of carbonyl (C=O) groups is 1. The van der Waals surface area contributed by atoms with Gasteiger partial charge in [0.15, 0.2) is 11.6 Å². The summed E-state index contributed by atoms with van der Waals surface area (Å²) < 4.78 is 40.6. The molecule has 1 aromatic carbocycles. The molecule has 0 saturated carbocycles. The van der Waals surface area contributed by atoms with Gasteiger partial charge in [0.25, 0.3) is 0 Å². The number of benzene rings is 1. The largest absolute Gasteiger partial charge is 0.477 e. The number of hydrogen-bond acceptors (Lipinski definition) is 1. The summed E-state index contributed by atoms with van der Waals surface area (Å²) in [6.07, 6.45) is 0. The van der Waals surface area contributed by atoms with E-state index in [1.165, 1.54) is 23.7 Å². The van der Waals surface area contributed by atoms with Gasteiger partial charge in [-0.1, -0.05) is 0 Å². The molecule has 1 N–H and O–H groups in total. The second-order valence-electron chi connectivity index (χ2n) is 3.71. The molecule has 0 saturated heterocycles. The number of aromatic nitrogens is 1. The van der Waals surface area contributed by atoms with Gasteiger partial charge in [-0.2, -0.15) is 0 Å². The summed E-state index contributed by atoms with van der Waals surface area (Å²) in [7, 11) is 1.40. The molecule has 0 fully saturated rings. The Morgan fingerprint density at radius 2 is 1.72 bits per heavy atom. The van der Waals surface area contributed by atoms with E-state index in [0.29, 0.717) is 12.1 Å². The molecule has 1 heterocycles. The molecule has 18 heavy (non-hydrogen) atoms. The van der Waals surface area contributed by atoms with Crippen LogP contribution in [0, 0.1) is 17.5 Å². The van der Waals surface area contributed by atoms with E-state index in [0.717, 1.165) is 0 Å². The van der Waals surface area contributed by atoms with Crippen molar-refractivity contribution in [1.29, 1.82) is 0 Å². The van der Waals surface area contributed by atoms with Crippen molar-refractivity contribution >= 4 is 5.97 Å². The van der Waals surface area contributed by atoms with Crippen LogP contribution in [0.4, 0.5) is 13.2 Å². The van der Waals surface area contributed by atoms with Crippen molar-refractivity contribution in [2.45, 2.75) is 0 Å². The Morgan fingerprint density at radius 3 is 2.28 bits per heavy atom. The van der Waals surface area contributed by atoms with Crippen LogP contribution < -0.4 is 0 Å². The molecule has 0 atom stereocenters. The van der Waals surface area contributed by atoms with Crippen molar-refractivity contribution in [1.82, 2.24) is 4.57 Å². The van der Waals surface area contributed by atoms with E-state index < -0.39 is 23.4 Å². The molecule has 0 aliphatic rings. The molecule has 3 nitrogen and oxygen atoms in total. The van der Waals surface area contributed by atoms with Gasteiger partial charge in [-0.3, -0.25) is 0 Å². The molecule has 6 heteroatoms. The average molecular weight is 255 g/mol. The summed E-state index contributed by atoms with van der Waals surface area (Å²) >= 11 is 0. The molecular weight excluding hydrogens is 247 g/mol. The highest BCUT2D eigenvalue weighted by molar-refractivity contribution is 5.87. The third-order valence-electron chi connectivity index (χ3n) is 2.63. The molecule has 0 unspecified atom stereocenters. The van der Waals surface area contributed by atoms with Gasteiger partial charge in [0.2, 0.25) is 0 Å². The van der Waals surface area contributed by atoms with Crippen LogP contribution in [0.3, 0.4) is 0 Å². The third-order valence-corrected chi connectivity index (χ3v) is 2.63. The maximum absolute atomic E-state index is 13.5. The Bertz CT molecular complexity index is 634. The topological polar surface area (TPSA) is 42.2 Å².